The van der Waals surface area contributed by atoms with E-state index in [1.807, 2.05) is 0 Å². The minimum atomic E-state index is 0.0631. The van der Waals surface area contributed by atoms with Gasteiger partial charge >= 0.3 is 0 Å². The molecule has 0 saturated carbocycles. The van der Waals surface area contributed by atoms with Gasteiger partial charge in [0.25, 0.3) is 0 Å². The minimum absolute atomic E-state index is 0.0631. The Morgan fingerprint density at radius 2 is 1.69 bits per heavy atom. The van der Waals surface area contributed by atoms with Crippen LogP contribution in [0.25, 0.3) is 38.8 Å². The Kier molecular flexibility index (Phi) is 4.24. The lowest BCUT2D eigenvalue weighted by molar-refractivity contribution is -0.660. The fourth-order valence-electron chi connectivity index (χ4n) is 6.01. The number of para-hydroxylation sites is 1. The SMILES string of the molecule is Cc1ccc2c(oc3c(C4=CC5=C(CCCC5)C4(C)C)cccc32)c1-c1cccc[n+]1C. The van der Waals surface area contributed by atoms with Crippen LogP contribution in [0, 0.1) is 12.3 Å². The van der Waals surface area contributed by atoms with Crippen LogP contribution in [0.4, 0.5) is 0 Å². The van der Waals surface area contributed by atoms with E-state index in [1.165, 1.54) is 64.4 Å². The Labute approximate surface area is 189 Å². The van der Waals surface area contributed by atoms with Crippen molar-refractivity contribution in [3.05, 3.63) is 83.1 Å². The molecule has 2 aromatic heterocycles. The van der Waals surface area contributed by atoms with E-state index < -0.39 is 0 Å². The Morgan fingerprint density at radius 3 is 2.50 bits per heavy atom. The van der Waals surface area contributed by atoms with Crippen LogP contribution in [0.5, 0.6) is 0 Å². The second-order valence-electron chi connectivity index (χ2n) is 10.0. The lowest BCUT2D eigenvalue weighted by Crippen LogP contribution is -2.30. The Hall–Kier alpha value is -3.13. The Morgan fingerprint density at radius 1 is 0.875 bits per heavy atom. The van der Waals surface area contributed by atoms with Crippen LogP contribution in [0.1, 0.15) is 50.7 Å². The summed E-state index contributed by atoms with van der Waals surface area (Å²) in [4.78, 5) is 0. The summed E-state index contributed by atoms with van der Waals surface area (Å²) in [6.45, 7) is 6.97. The molecule has 32 heavy (non-hydrogen) atoms. The van der Waals surface area contributed by atoms with E-state index >= 15 is 0 Å². The molecule has 0 fully saturated rings. The molecule has 0 amide bonds. The number of hydrogen-bond acceptors (Lipinski definition) is 1. The quantitative estimate of drug-likeness (QED) is 0.304. The van der Waals surface area contributed by atoms with Crippen molar-refractivity contribution in [1.29, 1.82) is 0 Å². The lowest BCUT2D eigenvalue weighted by Gasteiger charge is -2.29. The van der Waals surface area contributed by atoms with E-state index in [1.54, 1.807) is 11.1 Å². The van der Waals surface area contributed by atoms with Gasteiger partial charge in [-0.25, -0.2) is 4.57 Å². The first kappa shape index (κ1) is 19.5. The van der Waals surface area contributed by atoms with E-state index in [-0.39, 0.29) is 5.41 Å². The van der Waals surface area contributed by atoms with Gasteiger partial charge in [-0.2, -0.15) is 0 Å². The number of allylic oxidation sites excluding steroid dienone is 4. The van der Waals surface area contributed by atoms with E-state index in [4.69, 9.17) is 4.42 Å². The number of aryl methyl sites for hydroxylation is 2. The fourth-order valence-corrected chi connectivity index (χ4v) is 6.01. The van der Waals surface area contributed by atoms with Gasteiger partial charge in [-0.3, -0.25) is 0 Å². The Balaban J connectivity index is 1.62. The highest BCUT2D eigenvalue weighted by Crippen LogP contribution is 2.54. The highest BCUT2D eigenvalue weighted by atomic mass is 16.3. The van der Waals surface area contributed by atoms with E-state index in [9.17, 15) is 0 Å². The molecule has 2 heterocycles. The molecule has 2 heteroatoms. The molecule has 160 valence electrons. The van der Waals surface area contributed by atoms with E-state index in [2.05, 4.69) is 93.2 Å². The van der Waals surface area contributed by atoms with Crippen molar-refractivity contribution >= 4 is 27.5 Å². The molecule has 0 spiro atoms. The highest BCUT2D eigenvalue weighted by molar-refractivity contribution is 6.12. The number of aromatic nitrogens is 1. The van der Waals surface area contributed by atoms with Crippen molar-refractivity contribution in [2.45, 2.75) is 46.5 Å². The van der Waals surface area contributed by atoms with Gasteiger partial charge < -0.3 is 4.42 Å². The lowest BCUT2D eigenvalue weighted by atomic mass is 9.74. The molecule has 2 nitrogen and oxygen atoms in total. The summed E-state index contributed by atoms with van der Waals surface area (Å²) in [6.07, 6.45) is 9.64. The molecule has 0 bridgehead atoms. The first-order chi connectivity index (χ1) is 15.5. The van der Waals surface area contributed by atoms with Gasteiger partial charge in [0, 0.05) is 33.9 Å². The van der Waals surface area contributed by atoms with Gasteiger partial charge in [-0.05, 0) is 55.4 Å². The molecule has 0 unspecified atom stereocenters. The van der Waals surface area contributed by atoms with Crippen molar-refractivity contribution in [2.24, 2.45) is 12.5 Å². The van der Waals surface area contributed by atoms with Crippen molar-refractivity contribution in [2.75, 3.05) is 0 Å². The van der Waals surface area contributed by atoms with Gasteiger partial charge in [0.05, 0.1) is 5.56 Å². The smallest absolute Gasteiger partial charge is 0.216 e. The standard InChI is InChI=1S/C30H30NO/c1-19-15-16-22-21-11-9-12-23(25-18-20-10-5-6-13-24(20)30(25,2)3)28(21)32-29(22)27(19)26-14-7-8-17-31(26)4/h7-9,11-12,14-18H,5-6,10,13H2,1-4H3/q+1. The number of fused-ring (bicyclic) bond motifs is 3. The van der Waals surface area contributed by atoms with Gasteiger partial charge in [0.2, 0.25) is 5.69 Å². The van der Waals surface area contributed by atoms with E-state index in [0.29, 0.717) is 0 Å². The number of rotatable bonds is 2. The molecule has 4 aromatic rings. The Bertz CT molecular complexity index is 1460. The predicted molar refractivity (Wildman–Crippen MR) is 132 cm³/mol. The molecule has 6 rings (SSSR count). The summed E-state index contributed by atoms with van der Waals surface area (Å²) in [5.41, 5.74) is 11.5. The van der Waals surface area contributed by atoms with Crippen molar-refractivity contribution in [3.63, 3.8) is 0 Å². The van der Waals surface area contributed by atoms with Gasteiger partial charge in [-0.1, -0.05) is 55.8 Å². The van der Waals surface area contributed by atoms with Crippen LogP contribution in [0.3, 0.4) is 0 Å². The van der Waals surface area contributed by atoms with Gasteiger partial charge in [-0.15, -0.1) is 0 Å². The zero-order valence-corrected chi connectivity index (χ0v) is 19.5. The summed E-state index contributed by atoms with van der Waals surface area (Å²) in [5, 5.41) is 2.40. The maximum atomic E-state index is 6.79. The fraction of sp³-hybridized carbons (Fsp3) is 0.300. The van der Waals surface area contributed by atoms with Crippen molar-refractivity contribution < 1.29 is 8.98 Å². The van der Waals surface area contributed by atoms with Crippen molar-refractivity contribution in [3.8, 4) is 11.3 Å². The predicted octanol–water partition coefficient (Wildman–Crippen LogP) is 7.68. The summed E-state index contributed by atoms with van der Waals surface area (Å²) >= 11 is 0. The van der Waals surface area contributed by atoms with E-state index in [0.717, 1.165) is 11.2 Å². The average molecular weight is 421 g/mol. The summed E-state index contributed by atoms with van der Waals surface area (Å²) in [7, 11) is 2.10. The third-order valence-corrected chi connectivity index (χ3v) is 7.73. The van der Waals surface area contributed by atoms with Crippen LogP contribution in [-0.4, -0.2) is 0 Å². The normalized spacial score (nSPS) is 17.8. The second kappa shape index (κ2) is 6.93. The number of furan rings is 1. The maximum absolute atomic E-state index is 6.79. The molecular formula is C30H30NO+. The molecule has 0 atom stereocenters. The van der Waals surface area contributed by atoms with Crippen LogP contribution >= 0.6 is 0 Å². The number of pyridine rings is 1. The first-order valence-electron chi connectivity index (χ1n) is 11.8. The molecule has 0 radical (unpaired) electrons. The zero-order chi connectivity index (χ0) is 22.0. The van der Waals surface area contributed by atoms with Gasteiger partial charge in [0.1, 0.15) is 18.2 Å². The molecule has 0 aliphatic heterocycles. The molecule has 2 aliphatic rings. The monoisotopic (exact) mass is 420 g/mol. The first-order valence-corrected chi connectivity index (χ1v) is 11.8. The van der Waals surface area contributed by atoms with Crippen LogP contribution in [0.15, 0.2) is 76.4 Å². The third-order valence-electron chi connectivity index (χ3n) is 7.73. The second-order valence-corrected chi connectivity index (χ2v) is 10.0. The number of hydrogen-bond donors (Lipinski definition) is 0. The maximum Gasteiger partial charge on any atom is 0.216 e. The molecule has 0 N–H and O–H groups in total. The minimum Gasteiger partial charge on any atom is -0.455 e. The third kappa shape index (κ3) is 2.68. The van der Waals surface area contributed by atoms with Gasteiger partial charge in [0.15, 0.2) is 6.20 Å². The largest absolute Gasteiger partial charge is 0.455 e. The summed E-state index contributed by atoms with van der Waals surface area (Å²) < 4.78 is 8.97. The summed E-state index contributed by atoms with van der Waals surface area (Å²) in [6, 6.07) is 17.5. The molecule has 2 aliphatic carbocycles. The number of benzene rings is 2. The van der Waals surface area contributed by atoms with Crippen molar-refractivity contribution in [1.82, 2.24) is 0 Å². The molecule has 2 aromatic carbocycles. The molecular weight excluding hydrogens is 390 g/mol. The highest BCUT2D eigenvalue weighted by Gasteiger charge is 2.37. The van der Waals surface area contributed by atoms with Crippen LogP contribution < -0.4 is 4.57 Å². The topological polar surface area (TPSA) is 17.0 Å². The van der Waals surface area contributed by atoms with Crippen LogP contribution in [0.2, 0.25) is 0 Å². The number of nitrogens with zero attached hydrogens (tertiary/aromatic N) is 1. The van der Waals surface area contributed by atoms with Crippen LogP contribution in [-0.2, 0) is 7.05 Å². The average Bonchev–Trinajstić information content (AvgIpc) is 3.29. The summed E-state index contributed by atoms with van der Waals surface area (Å²) in [5.74, 6) is 0. The zero-order valence-electron chi connectivity index (χ0n) is 19.5. The molecule has 0 saturated heterocycles.